The van der Waals surface area contributed by atoms with Crippen LogP contribution >= 0.6 is 0 Å². The lowest BCUT2D eigenvalue weighted by molar-refractivity contribution is 0.102. The van der Waals surface area contributed by atoms with Gasteiger partial charge in [-0.2, -0.15) is 4.80 Å². The van der Waals surface area contributed by atoms with Gasteiger partial charge in [-0.15, -0.1) is 10.2 Å². The van der Waals surface area contributed by atoms with E-state index in [9.17, 15) is 4.79 Å². The van der Waals surface area contributed by atoms with Gasteiger partial charge in [0.1, 0.15) is 16.8 Å². The molecule has 1 heterocycles. The van der Waals surface area contributed by atoms with Crippen LogP contribution in [0.25, 0.3) is 16.7 Å². The number of benzene rings is 3. The Bertz CT molecular complexity index is 1180. The molecule has 0 saturated heterocycles. The molecule has 0 fully saturated rings. The van der Waals surface area contributed by atoms with Crippen molar-refractivity contribution in [3.63, 3.8) is 0 Å². The van der Waals surface area contributed by atoms with Crippen LogP contribution in [0, 0.1) is 0 Å². The van der Waals surface area contributed by atoms with Gasteiger partial charge in [0.15, 0.2) is 0 Å². The van der Waals surface area contributed by atoms with Crippen LogP contribution in [0.4, 0.5) is 5.69 Å². The van der Waals surface area contributed by atoms with E-state index >= 15 is 0 Å². The summed E-state index contributed by atoms with van der Waals surface area (Å²) in [5.74, 6) is 0.948. The molecule has 0 aliphatic rings. The summed E-state index contributed by atoms with van der Waals surface area (Å²) < 4.78 is 5.47. The number of fused-ring (bicyclic) bond motifs is 1. The molecule has 0 saturated carbocycles. The van der Waals surface area contributed by atoms with E-state index in [1.807, 2.05) is 43.3 Å². The van der Waals surface area contributed by atoms with E-state index in [4.69, 9.17) is 4.74 Å². The number of nitrogens with one attached hydrogen (secondary N) is 1. The zero-order chi connectivity index (χ0) is 21.1. The third kappa shape index (κ3) is 4.17. The first kappa shape index (κ1) is 19.6. The molecule has 4 rings (SSSR count). The minimum atomic E-state index is -0.201. The van der Waals surface area contributed by atoms with E-state index in [-0.39, 0.29) is 5.91 Å². The molecule has 3 aromatic carbocycles. The van der Waals surface area contributed by atoms with Crippen LogP contribution in [0.5, 0.6) is 5.75 Å². The smallest absolute Gasteiger partial charge is 0.255 e. The highest BCUT2D eigenvalue weighted by Gasteiger charge is 2.10. The van der Waals surface area contributed by atoms with Crippen LogP contribution < -0.4 is 10.1 Å². The summed E-state index contributed by atoms with van der Waals surface area (Å²) in [4.78, 5) is 14.2. The van der Waals surface area contributed by atoms with Crippen molar-refractivity contribution >= 4 is 22.6 Å². The van der Waals surface area contributed by atoms with Crippen molar-refractivity contribution in [1.29, 1.82) is 0 Å². The van der Waals surface area contributed by atoms with Gasteiger partial charge in [0.2, 0.25) is 0 Å². The Morgan fingerprint density at radius 3 is 2.50 bits per heavy atom. The van der Waals surface area contributed by atoms with Crippen LogP contribution in [0.15, 0.2) is 66.7 Å². The molecule has 0 atom stereocenters. The zero-order valence-corrected chi connectivity index (χ0v) is 17.3. The quantitative estimate of drug-likeness (QED) is 0.483. The molecule has 1 N–H and O–H groups in total. The van der Waals surface area contributed by atoms with Gasteiger partial charge in [-0.3, -0.25) is 4.79 Å². The van der Waals surface area contributed by atoms with Crippen LogP contribution in [-0.2, 0) is 0 Å². The maximum absolute atomic E-state index is 12.6. The number of nitrogens with zero attached hydrogens (tertiary/aromatic N) is 3. The van der Waals surface area contributed by atoms with Crippen molar-refractivity contribution in [3.05, 3.63) is 77.9 Å². The molecule has 0 spiro atoms. The Balaban J connectivity index is 1.55. The third-order valence-corrected chi connectivity index (χ3v) is 4.84. The lowest BCUT2D eigenvalue weighted by Gasteiger charge is -2.07. The number of carbonyl (C=O) groups excluding carboxylic acids is 1. The van der Waals surface area contributed by atoms with Gasteiger partial charge in [0.05, 0.1) is 12.3 Å². The zero-order valence-electron chi connectivity index (χ0n) is 17.3. The van der Waals surface area contributed by atoms with Gasteiger partial charge >= 0.3 is 0 Å². The van der Waals surface area contributed by atoms with Crippen molar-refractivity contribution in [2.75, 3.05) is 11.9 Å². The minimum absolute atomic E-state index is 0.201. The number of aromatic nitrogens is 3. The van der Waals surface area contributed by atoms with Crippen LogP contribution in [-0.4, -0.2) is 27.5 Å². The van der Waals surface area contributed by atoms with E-state index in [2.05, 4.69) is 41.5 Å². The van der Waals surface area contributed by atoms with Crippen molar-refractivity contribution in [1.82, 2.24) is 15.0 Å². The van der Waals surface area contributed by atoms with Gasteiger partial charge in [0.25, 0.3) is 5.91 Å². The summed E-state index contributed by atoms with van der Waals surface area (Å²) in [7, 11) is 0. The molecule has 0 radical (unpaired) electrons. The third-order valence-electron chi connectivity index (χ3n) is 4.84. The number of amides is 1. The second kappa shape index (κ2) is 8.37. The molecule has 6 nitrogen and oxygen atoms in total. The summed E-state index contributed by atoms with van der Waals surface area (Å²) in [6, 6.07) is 20.9. The number of carbonyl (C=O) groups is 1. The molecule has 0 bridgehead atoms. The molecule has 30 heavy (non-hydrogen) atoms. The lowest BCUT2D eigenvalue weighted by Crippen LogP contribution is -2.11. The van der Waals surface area contributed by atoms with Gasteiger partial charge in [-0.05, 0) is 66.9 Å². The van der Waals surface area contributed by atoms with Gasteiger partial charge in [-0.1, -0.05) is 32.0 Å². The average molecular weight is 400 g/mol. The van der Waals surface area contributed by atoms with E-state index in [0.29, 0.717) is 35.0 Å². The maximum atomic E-state index is 12.6. The fraction of sp³-hybridized carbons (Fsp3) is 0.208. The summed E-state index contributed by atoms with van der Waals surface area (Å²) >= 11 is 0. The molecule has 6 heteroatoms. The standard InChI is InChI=1S/C24H24N4O2/c1-4-30-21-7-5-6-18(14-21)24(29)25-19-10-13-22-23(15-19)27-28(26-22)20-11-8-17(9-12-20)16(2)3/h5-16H,4H2,1-3H3,(H,25,29). The summed E-state index contributed by atoms with van der Waals surface area (Å²) in [5.41, 5.74) is 4.84. The molecular weight excluding hydrogens is 376 g/mol. The predicted molar refractivity (Wildman–Crippen MR) is 119 cm³/mol. The van der Waals surface area contributed by atoms with E-state index in [1.54, 1.807) is 23.0 Å². The van der Waals surface area contributed by atoms with E-state index < -0.39 is 0 Å². The largest absolute Gasteiger partial charge is 0.494 e. The second-order valence-electron chi connectivity index (χ2n) is 7.35. The monoisotopic (exact) mass is 400 g/mol. The first-order valence-electron chi connectivity index (χ1n) is 10.0. The normalized spacial score (nSPS) is 11.1. The molecule has 0 aliphatic carbocycles. The highest BCUT2D eigenvalue weighted by Crippen LogP contribution is 2.21. The van der Waals surface area contributed by atoms with Crippen molar-refractivity contribution in [2.24, 2.45) is 0 Å². The minimum Gasteiger partial charge on any atom is -0.494 e. The van der Waals surface area contributed by atoms with Crippen LogP contribution in [0.3, 0.4) is 0 Å². The SMILES string of the molecule is CCOc1cccc(C(=O)Nc2ccc3nn(-c4ccc(C(C)C)cc4)nc3c2)c1. The van der Waals surface area contributed by atoms with Crippen LogP contribution in [0.2, 0.25) is 0 Å². The van der Waals surface area contributed by atoms with Gasteiger partial charge in [-0.25, -0.2) is 0 Å². The fourth-order valence-electron chi connectivity index (χ4n) is 3.20. The first-order valence-corrected chi connectivity index (χ1v) is 10.0. The van der Waals surface area contributed by atoms with Crippen molar-refractivity contribution < 1.29 is 9.53 Å². The molecule has 152 valence electrons. The Labute approximate surface area is 175 Å². The summed E-state index contributed by atoms with van der Waals surface area (Å²) in [6.45, 7) is 6.79. The summed E-state index contributed by atoms with van der Waals surface area (Å²) in [6.07, 6.45) is 0. The van der Waals surface area contributed by atoms with E-state index in [0.717, 1.165) is 11.2 Å². The molecule has 4 aromatic rings. The Hall–Kier alpha value is -3.67. The topological polar surface area (TPSA) is 69.0 Å². The number of rotatable bonds is 6. The predicted octanol–water partition coefficient (Wildman–Crippen LogP) is 5.19. The molecular formula is C24H24N4O2. The first-order chi connectivity index (χ1) is 14.5. The maximum Gasteiger partial charge on any atom is 0.255 e. The lowest BCUT2D eigenvalue weighted by atomic mass is 10.0. The highest BCUT2D eigenvalue weighted by atomic mass is 16.5. The fourth-order valence-corrected chi connectivity index (χ4v) is 3.20. The van der Waals surface area contributed by atoms with Gasteiger partial charge < -0.3 is 10.1 Å². The molecule has 1 aromatic heterocycles. The molecule has 1 amide bonds. The van der Waals surface area contributed by atoms with E-state index in [1.165, 1.54) is 5.56 Å². The molecule has 0 aliphatic heterocycles. The summed E-state index contributed by atoms with van der Waals surface area (Å²) in [5, 5.41) is 12.0. The number of ether oxygens (including phenoxy) is 1. The Morgan fingerprint density at radius 2 is 1.77 bits per heavy atom. The molecule has 0 unspecified atom stereocenters. The number of anilines is 1. The average Bonchev–Trinajstić information content (AvgIpc) is 3.17. The highest BCUT2D eigenvalue weighted by molar-refractivity contribution is 6.05. The number of hydrogen-bond acceptors (Lipinski definition) is 4. The van der Waals surface area contributed by atoms with Gasteiger partial charge in [0, 0.05) is 11.3 Å². The van der Waals surface area contributed by atoms with Crippen LogP contribution in [0.1, 0.15) is 42.6 Å². The number of hydrogen-bond donors (Lipinski definition) is 1. The second-order valence-corrected chi connectivity index (χ2v) is 7.35. The Morgan fingerprint density at radius 1 is 1.00 bits per heavy atom. The Kier molecular flexibility index (Phi) is 5.48. The van der Waals surface area contributed by atoms with Crippen molar-refractivity contribution in [3.8, 4) is 11.4 Å². The van der Waals surface area contributed by atoms with Crippen molar-refractivity contribution in [2.45, 2.75) is 26.7 Å².